The van der Waals surface area contributed by atoms with E-state index in [4.69, 9.17) is 10.5 Å². The Morgan fingerprint density at radius 2 is 1.92 bits per heavy atom. The van der Waals surface area contributed by atoms with E-state index in [1.165, 1.54) is 23.5 Å². The van der Waals surface area contributed by atoms with Crippen LogP contribution in [0.2, 0.25) is 0 Å². The van der Waals surface area contributed by atoms with Gasteiger partial charge in [-0.2, -0.15) is 0 Å². The summed E-state index contributed by atoms with van der Waals surface area (Å²) in [5, 5.41) is 2.83. The molecular weight excluding hydrogens is 352 g/mol. The highest BCUT2D eigenvalue weighted by Crippen LogP contribution is 2.43. The molecule has 0 bridgehead atoms. The number of hydrogen-bond acceptors (Lipinski definition) is 5. The number of thioether (sulfide) groups is 2. The lowest BCUT2D eigenvalue weighted by molar-refractivity contribution is -0.118. The van der Waals surface area contributed by atoms with Crippen LogP contribution in [0, 0.1) is 6.92 Å². The van der Waals surface area contributed by atoms with Crippen LogP contribution in [0.4, 0.5) is 11.4 Å². The van der Waals surface area contributed by atoms with Gasteiger partial charge in [-0.15, -0.1) is 23.5 Å². The van der Waals surface area contributed by atoms with Crippen LogP contribution in [0.1, 0.15) is 22.1 Å². The Labute approximate surface area is 156 Å². The zero-order valence-electron chi connectivity index (χ0n) is 14.2. The summed E-state index contributed by atoms with van der Waals surface area (Å²) in [6.45, 7) is 1.90. The molecule has 0 unspecified atom stereocenters. The lowest BCUT2D eigenvalue weighted by Gasteiger charge is -2.21. The second-order valence-electron chi connectivity index (χ2n) is 5.91. The van der Waals surface area contributed by atoms with Gasteiger partial charge in [0.25, 0.3) is 5.91 Å². The summed E-state index contributed by atoms with van der Waals surface area (Å²) in [4.78, 5) is 12.1. The molecule has 1 fully saturated rings. The minimum atomic E-state index is -0.198. The van der Waals surface area contributed by atoms with Crippen molar-refractivity contribution in [2.45, 2.75) is 17.9 Å². The predicted octanol–water partition coefficient (Wildman–Crippen LogP) is 4.46. The summed E-state index contributed by atoms with van der Waals surface area (Å²) in [5.74, 6) is 2.95. The molecule has 2 aromatic carbocycles. The Kier molecular flexibility index (Phi) is 6.15. The van der Waals surface area contributed by atoms with Crippen LogP contribution in [-0.2, 0) is 4.79 Å². The second kappa shape index (κ2) is 8.54. The van der Waals surface area contributed by atoms with Crippen LogP contribution >= 0.6 is 23.5 Å². The highest BCUT2D eigenvalue weighted by molar-refractivity contribution is 8.16. The maximum Gasteiger partial charge on any atom is 0.262 e. The first-order valence-corrected chi connectivity index (χ1v) is 10.3. The van der Waals surface area contributed by atoms with Crippen LogP contribution in [0.15, 0.2) is 42.5 Å². The van der Waals surface area contributed by atoms with E-state index in [-0.39, 0.29) is 12.5 Å². The zero-order chi connectivity index (χ0) is 17.6. The fourth-order valence-corrected chi connectivity index (χ4v) is 5.41. The first kappa shape index (κ1) is 18.0. The van der Waals surface area contributed by atoms with E-state index in [9.17, 15) is 4.79 Å². The fourth-order valence-electron chi connectivity index (χ4n) is 2.51. The van der Waals surface area contributed by atoms with Crippen LogP contribution in [0.3, 0.4) is 0 Å². The molecule has 0 saturated carbocycles. The summed E-state index contributed by atoms with van der Waals surface area (Å²) in [7, 11) is 0. The van der Waals surface area contributed by atoms with Gasteiger partial charge in [-0.25, -0.2) is 0 Å². The maximum absolute atomic E-state index is 12.1. The van der Waals surface area contributed by atoms with Gasteiger partial charge in [0.15, 0.2) is 6.61 Å². The maximum atomic E-state index is 12.1. The molecule has 6 heteroatoms. The molecule has 132 valence electrons. The van der Waals surface area contributed by atoms with Crippen molar-refractivity contribution in [3.63, 3.8) is 0 Å². The van der Waals surface area contributed by atoms with E-state index in [2.05, 4.69) is 17.4 Å². The van der Waals surface area contributed by atoms with E-state index in [0.29, 0.717) is 16.0 Å². The molecule has 1 aliphatic heterocycles. The number of carbonyl (C=O) groups excluding carboxylic acids is 1. The van der Waals surface area contributed by atoms with Gasteiger partial charge in [0.2, 0.25) is 0 Å². The van der Waals surface area contributed by atoms with E-state index in [0.717, 1.165) is 11.3 Å². The van der Waals surface area contributed by atoms with Gasteiger partial charge in [-0.1, -0.05) is 18.2 Å². The Morgan fingerprint density at radius 1 is 1.20 bits per heavy atom. The van der Waals surface area contributed by atoms with Gasteiger partial charge in [0.05, 0.1) is 4.58 Å². The largest absolute Gasteiger partial charge is 0.484 e. The average molecular weight is 375 g/mol. The number of benzene rings is 2. The van der Waals surface area contributed by atoms with Crippen molar-refractivity contribution in [1.29, 1.82) is 0 Å². The topological polar surface area (TPSA) is 64.3 Å². The summed E-state index contributed by atoms with van der Waals surface area (Å²) in [5.41, 5.74) is 9.37. The van der Waals surface area contributed by atoms with Crippen LogP contribution in [0.25, 0.3) is 0 Å². The molecule has 3 N–H and O–H groups in total. The smallest absolute Gasteiger partial charge is 0.262 e. The number of rotatable bonds is 5. The van der Waals surface area contributed by atoms with Crippen molar-refractivity contribution in [2.24, 2.45) is 0 Å². The SMILES string of the molecule is Cc1ccc(N)cc1NC(=O)COc1ccc(C2SCCCS2)cc1. The van der Waals surface area contributed by atoms with Gasteiger partial charge < -0.3 is 15.8 Å². The number of ether oxygens (including phenoxy) is 1. The van der Waals surface area contributed by atoms with Gasteiger partial charge in [-0.3, -0.25) is 4.79 Å². The number of nitrogens with one attached hydrogen (secondary N) is 1. The first-order chi connectivity index (χ1) is 12.1. The minimum Gasteiger partial charge on any atom is -0.484 e. The normalized spacial score (nSPS) is 14.9. The van der Waals surface area contributed by atoms with E-state index in [1.807, 2.05) is 54.7 Å². The molecule has 0 aromatic heterocycles. The van der Waals surface area contributed by atoms with Crippen molar-refractivity contribution in [3.05, 3.63) is 53.6 Å². The molecule has 3 rings (SSSR count). The molecule has 25 heavy (non-hydrogen) atoms. The molecule has 1 aliphatic rings. The number of nitrogen functional groups attached to an aromatic ring is 1. The van der Waals surface area contributed by atoms with Crippen molar-refractivity contribution in [2.75, 3.05) is 29.2 Å². The Morgan fingerprint density at radius 3 is 2.64 bits per heavy atom. The molecule has 0 atom stereocenters. The number of nitrogens with two attached hydrogens (primary N) is 1. The predicted molar refractivity (Wildman–Crippen MR) is 108 cm³/mol. The van der Waals surface area contributed by atoms with E-state index >= 15 is 0 Å². The molecule has 0 spiro atoms. The summed E-state index contributed by atoms with van der Waals surface area (Å²) >= 11 is 3.98. The van der Waals surface area contributed by atoms with E-state index in [1.54, 1.807) is 6.07 Å². The molecule has 4 nitrogen and oxygen atoms in total. The van der Waals surface area contributed by atoms with Crippen LogP contribution < -0.4 is 15.8 Å². The highest BCUT2D eigenvalue weighted by Gasteiger charge is 2.16. The summed E-state index contributed by atoms with van der Waals surface area (Å²) < 4.78 is 6.11. The standard InChI is InChI=1S/C19H22N2O2S2/c1-13-3-6-15(20)11-17(13)21-18(22)12-23-16-7-4-14(5-8-16)19-24-9-2-10-25-19/h3-8,11,19H,2,9-10,12,20H2,1H3,(H,21,22). The van der Waals surface area contributed by atoms with Crippen molar-refractivity contribution in [1.82, 2.24) is 0 Å². The van der Waals surface area contributed by atoms with Gasteiger partial charge in [-0.05, 0) is 60.2 Å². The van der Waals surface area contributed by atoms with Crippen LogP contribution in [-0.4, -0.2) is 24.0 Å². The quantitative estimate of drug-likeness (QED) is 0.756. The third kappa shape index (κ3) is 5.09. The van der Waals surface area contributed by atoms with Crippen molar-refractivity contribution >= 4 is 40.8 Å². The van der Waals surface area contributed by atoms with Gasteiger partial charge in [0, 0.05) is 11.4 Å². The Bertz CT molecular complexity index is 729. The van der Waals surface area contributed by atoms with E-state index < -0.39 is 0 Å². The number of carbonyl (C=O) groups is 1. The molecule has 0 radical (unpaired) electrons. The third-order valence-corrected chi connectivity index (χ3v) is 6.90. The molecule has 1 amide bonds. The first-order valence-electron chi connectivity index (χ1n) is 8.24. The molecule has 1 saturated heterocycles. The van der Waals surface area contributed by atoms with Crippen molar-refractivity contribution in [3.8, 4) is 5.75 Å². The molecule has 2 aromatic rings. The third-order valence-electron chi connectivity index (χ3n) is 3.89. The number of hydrogen-bond donors (Lipinski definition) is 2. The molecular formula is C19H22N2O2S2. The Balaban J connectivity index is 1.52. The fraction of sp³-hybridized carbons (Fsp3) is 0.316. The summed E-state index contributed by atoms with van der Waals surface area (Å²) in [6, 6.07) is 13.5. The molecule has 0 aliphatic carbocycles. The molecule has 1 heterocycles. The number of aryl methyl sites for hydroxylation is 1. The number of amides is 1. The number of anilines is 2. The highest BCUT2D eigenvalue weighted by atomic mass is 32.2. The van der Waals surface area contributed by atoms with Gasteiger partial charge in [0.1, 0.15) is 5.75 Å². The zero-order valence-corrected chi connectivity index (χ0v) is 15.8. The van der Waals surface area contributed by atoms with Crippen LogP contribution in [0.5, 0.6) is 5.75 Å². The van der Waals surface area contributed by atoms with Crippen molar-refractivity contribution < 1.29 is 9.53 Å². The lowest BCUT2D eigenvalue weighted by atomic mass is 10.2. The average Bonchev–Trinajstić information content (AvgIpc) is 2.64. The second-order valence-corrected chi connectivity index (χ2v) is 8.63. The summed E-state index contributed by atoms with van der Waals surface area (Å²) in [6.07, 6.45) is 1.29. The van der Waals surface area contributed by atoms with Gasteiger partial charge >= 0.3 is 0 Å². The Hall–Kier alpha value is -1.79. The lowest BCUT2D eigenvalue weighted by Crippen LogP contribution is -2.20. The monoisotopic (exact) mass is 374 g/mol. The minimum absolute atomic E-state index is 0.0273.